The van der Waals surface area contributed by atoms with E-state index in [1.165, 1.54) is 12.1 Å². The van der Waals surface area contributed by atoms with E-state index >= 15 is 0 Å². The SMILES string of the molecule is Cc1ccc(Oc2ccc(F)cc2CN)cc1. The lowest BCUT2D eigenvalue weighted by molar-refractivity contribution is 0.473. The van der Waals surface area contributed by atoms with Gasteiger partial charge in [0.05, 0.1) is 0 Å². The molecular weight excluding hydrogens is 217 g/mol. The Morgan fingerprint density at radius 2 is 1.82 bits per heavy atom. The Bertz CT molecular complexity index is 508. The quantitative estimate of drug-likeness (QED) is 0.878. The zero-order valence-corrected chi connectivity index (χ0v) is 9.61. The Morgan fingerprint density at radius 3 is 2.47 bits per heavy atom. The van der Waals surface area contributed by atoms with Crippen LogP contribution in [-0.2, 0) is 6.54 Å². The monoisotopic (exact) mass is 231 g/mol. The number of nitrogens with two attached hydrogens (primary N) is 1. The largest absolute Gasteiger partial charge is 0.457 e. The fourth-order valence-electron chi connectivity index (χ4n) is 1.54. The van der Waals surface area contributed by atoms with Gasteiger partial charge in [-0.1, -0.05) is 17.7 Å². The molecule has 0 aliphatic rings. The van der Waals surface area contributed by atoms with Crippen molar-refractivity contribution in [3.8, 4) is 11.5 Å². The highest BCUT2D eigenvalue weighted by molar-refractivity contribution is 5.38. The van der Waals surface area contributed by atoms with Crippen LogP contribution in [0.1, 0.15) is 11.1 Å². The van der Waals surface area contributed by atoms with Gasteiger partial charge in [-0.3, -0.25) is 0 Å². The minimum atomic E-state index is -0.304. The molecule has 0 bridgehead atoms. The molecule has 17 heavy (non-hydrogen) atoms. The summed E-state index contributed by atoms with van der Waals surface area (Å²) in [6.07, 6.45) is 0. The maximum absolute atomic E-state index is 13.0. The Morgan fingerprint density at radius 1 is 1.12 bits per heavy atom. The van der Waals surface area contributed by atoms with Crippen molar-refractivity contribution in [3.63, 3.8) is 0 Å². The number of hydrogen-bond donors (Lipinski definition) is 1. The zero-order valence-electron chi connectivity index (χ0n) is 9.61. The van der Waals surface area contributed by atoms with Gasteiger partial charge in [0.25, 0.3) is 0 Å². The third-order valence-electron chi connectivity index (χ3n) is 2.49. The van der Waals surface area contributed by atoms with Gasteiger partial charge in [0.1, 0.15) is 17.3 Å². The van der Waals surface area contributed by atoms with E-state index in [9.17, 15) is 4.39 Å². The average Bonchev–Trinajstić information content (AvgIpc) is 2.34. The summed E-state index contributed by atoms with van der Waals surface area (Å²) in [6, 6.07) is 12.0. The second-order valence-corrected chi connectivity index (χ2v) is 3.87. The lowest BCUT2D eigenvalue weighted by atomic mass is 10.2. The third-order valence-corrected chi connectivity index (χ3v) is 2.49. The molecule has 88 valence electrons. The molecule has 0 amide bonds. The molecule has 2 aromatic carbocycles. The van der Waals surface area contributed by atoms with Gasteiger partial charge in [-0.2, -0.15) is 0 Å². The molecule has 0 unspecified atom stereocenters. The van der Waals surface area contributed by atoms with Gasteiger partial charge in [0.2, 0.25) is 0 Å². The lowest BCUT2D eigenvalue weighted by Gasteiger charge is -2.10. The van der Waals surface area contributed by atoms with Crippen molar-refractivity contribution in [2.24, 2.45) is 5.73 Å². The van der Waals surface area contributed by atoms with Crippen LogP contribution in [0.2, 0.25) is 0 Å². The molecule has 0 heterocycles. The maximum atomic E-state index is 13.0. The minimum Gasteiger partial charge on any atom is -0.457 e. The Kier molecular flexibility index (Phi) is 3.40. The first-order valence-electron chi connectivity index (χ1n) is 5.42. The van der Waals surface area contributed by atoms with E-state index in [0.717, 1.165) is 11.3 Å². The molecule has 3 heteroatoms. The molecule has 0 aromatic heterocycles. The molecule has 0 saturated heterocycles. The molecule has 2 aromatic rings. The summed E-state index contributed by atoms with van der Waals surface area (Å²) >= 11 is 0. The number of rotatable bonds is 3. The van der Waals surface area contributed by atoms with Crippen molar-refractivity contribution >= 4 is 0 Å². The van der Waals surface area contributed by atoms with E-state index in [0.29, 0.717) is 11.3 Å². The van der Waals surface area contributed by atoms with Crippen LogP contribution in [-0.4, -0.2) is 0 Å². The fourth-order valence-corrected chi connectivity index (χ4v) is 1.54. The Labute approximate surface area is 99.8 Å². The molecule has 0 radical (unpaired) electrons. The molecule has 0 aliphatic carbocycles. The van der Waals surface area contributed by atoms with Crippen LogP contribution < -0.4 is 10.5 Å². The van der Waals surface area contributed by atoms with Crippen molar-refractivity contribution in [1.29, 1.82) is 0 Å². The van der Waals surface area contributed by atoms with Crippen LogP contribution in [0.4, 0.5) is 4.39 Å². The molecule has 0 fully saturated rings. The molecular formula is C14H14FNO. The molecule has 0 atom stereocenters. The molecule has 0 spiro atoms. The van der Waals surface area contributed by atoms with E-state index in [1.807, 2.05) is 31.2 Å². The summed E-state index contributed by atoms with van der Waals surface area (Å²) < 4.78 is 18.7. The van der Waals surface area contributed by atoms with Crippen molar-refractivity contribution in [3.05, 3.63) is 59.4 Å². The maximum Gasteiger partial charge on any atom is 0.132 e. The first-order valence-corrected chi connectivity index (χ1v) is 5.42. The topological polar surface area (TPSA) is 35.2 Å². The zero-order chi connectivity index (χ0) is 12.3. The predicted octanol–water partition coefficient (Wildman–Crippen LogP) is 3.39. The number of aryl methyl sites for hydroxylation is 1. The summed E-state index contributed by atoms with van der Waals surface area (Å²) in [7, 11) is 0. The second-order valence-electron chi connectivity index (χ2n) is 3.87. The van der Waals surface area contributed by atoms with E-state index in [4.69, 9.17) is 10.5 Å². The molecule has 2 N–H and O–H groups in total. The van der Waals surface area contributed by atoms with Gasteiger partial charge in [0, 0.05) is 12.1 Å². The van der Waals surface area contributed by atoms with Crippen molar-refractivity contribution in [2.45, 2.75) is 13.5 Å². The Balaban J connectivity index is 2.26. The van der Waals surface area contributed by atoms with Gasteiger partial charge in [0.15, 0.2) is 0 Å². The summed E-state index contributed by atoms with van der Waals surface area (Å²) in [4.78, 5) is 0. The van der Waals surface area contributed by atoms with Crippen LogP contribution in [0.15, 0.2) is 42.5 Å². The summed E-state index contributed by atoms with van der Waals surface area (Å²) in [5.41, 5.74) is 7.37. The van der Waals surface area contributed by atoms with Gasteiger partial charge in [-0.15, -0.1) is 0 Å². The molecule has 0 aliphatic heterocycles. The lowest BCUT2D eigenvalue weighted by Crippen LogP contribution is -2.00. The van der Waals surface area contributed by atoms with Crippen LogP contribution in [0.5, 0.6) is 11.5 Å². The van der Waals surface area contributed by atoms with Crippen LogP contribution in [0.25, 0.3) is 0 Å². The fraction of sp³-hybridized carbons (Fsp3) is 0.143. The van der Waals surface area contributed by atoms with E-state index < -0.39 is 0 Å². The number of ether oxygens (including phenoxy) is 1. The second kappa shape index (κ2) is 4.97. The van der Waals surface area contributed by atoms with Crippen molar-refractivity contribution in [2.75, 3.05) is 0 Å². The summed E-state index contributed by atoms with van der Waals surface area (Å²) in [6.45, 7) is 2.26. The normalized spacial score (nSPS) is 10.3. The van der Waals surface area contributed by atoms with Crippen molar-refractivity contribution < 1.29 is 9.13 Å². The molecule has 0 saturated carbocycles. The molecule has 2 rings (SSSR count). The highest BCUT2D eigenvalue weighted by Gasteiger charge is 2.05. The van der Waals surface area contributed by atoms with Crippen LogP contribution >= 0.6 is 0 Å². The minimum absolute atomic E-state index is 0.249. The Hall–Kier alpha value is -1.87. The highest BCUT2D eigenvalue weighted by Crippen LogP contribution is 2.25. The van der Waals surface area contributed by atoms with E-state index in [-0.39, 0.29) is 12.4 Å². The van der Waals surface area contributed by atoms with E-state index in [2.05, 4.69) is 0 Å². The standard InChI is InChI=1S/C14H14FNO/c1-10-2-5-13(6-3-10)17-14-7-4-12(15)8-11(14)9-16/h2-8H,9,16H2,1H3. The highest BCUT2D eigenvalue weighted by atomic mass is 19.1. The number of hydrogen-bond acceptors (Lipinski definition) is 2. The number of benzene rings is 2. The average molecular weight is 231 g/mol. The smallest absolute Gasteiger partial charge is 0.132 e. The first-order chi connectivity index (χ1) is 8.19. The third kappa shape index (κ3) is 2.82. The van der Waals surface area contributed by atoms with Crippen LogP contribution in [0.3, 0.4) is 0 Å². The van der Waals surface area contributed by atoms with E-state index in [1.54, 1.807) is 6.07 Å². The predicted molar refractivity (Wildman–Crippen MR) is 65.5 cm³/mol. The summed E-state index contributed by atoms with van der Waals surface area (Å²) in [5, 5.41) is 0. The van der Waals surface area contributed by atoms with Gasteiger partial charge in [-0.05, 0) is 37.3 Å². The summed E-state index contributed by atoms with van der Waals surface area (Å²) in [5.74, 6) is 1.01. The van der Waals surface area contributed by atoms with Gasteiger partial charge in [-0.25, -0.2) is 4.39 Å². The van der Waals surface area contributed by atoms with Gasteiger partial charge < -0.3 is 10.5 Å². The van der Waals surface area contributed by atoms with Crippen molar-refractivity contribution in [1.82, 2.24) is 0 Å². The number of halogens is 1. The van der Waals surface area contributed by atoms with Crippen LogP contribution in [0, 0.1) is 12.7 Å². The first kappa shape index (κ1) is 11.6. The molecule has 2 nitrogen and oxygen atoms in total. The van der Waals surface area contributed by atoms with Gasteiger partial charge >= 0.3 is 0 Å².